The van der Waals surface area contributed by atoms with Gasteiger partial charge in [0.25, 0.3) is 0 Å². The van der Waals surface area contributed by atoms with Crippen LogP contribution in [0.2, 0.25) is 0 Å². The summed E-state index contributed by atoms with van der Waals surface area (Å²) in [6, 6.07) is 14.4. The van der Waals surface area contributed by atoms with Gasteiger partial charge in [-0.05, 0) is 41.8 Å². The number of phenolic OH excluding ortho intramolecular Hbond substituents is 1. The minimum atomic E-state index is -0.766. The van der Waals surface area contributed by atoms with Gasteiger partial charge in [-0.25, -0.2) is 0 Å². The SMILES string of the molecule is OCC(CO)(Cc1cccc(O)c1)c1cccc(Br)c1. The smallest absolute Gasteiger partial charge is 0.115 e. The molecule has 3 N–H and O–H groups in total. The molecule has 0 amide bonds. The summed E-state index contributed by atoms with van der Waals surface area (Å²) in [6.07, 6.45) is 0.449. The molecule has 0 saturated heterocycles. The van der Waals surface area contributed by atoms with Crippen molar-refractivity contribution in [3.63, 3.8) is 0 Å². The van der Waals surface area contributed by atoms with Gasteiger partial charge in [-0.2, -0.15) is 0 Å². The second kappa shape index (κ2) is 6.39. The van der Waals surface area contributed by atoms with E-state index in [0.717, 1.165) is 15.6 Å². The molecule has 20 heavy (non-hydrogen) atoms. The topological polar surface area (TPSA) is 60.7 Å². The molecule has 0 atom stereocenters. The van der Waals surface area contributed by atoms with Gasteiger partial charge in [-0.3, -0.25) is 0 Å². The summed E-state index contributed by atoms with van der Waals surface area (Å²) in [5, 5.41) is 29.2. The molecule has 0 bridgehead atoms. The molecule has 0 fully saturated rings. The van der Waals surface area contributed by atoms with E-state index in [-0.39, 0.29) is 19.0 Å². The van der Waals surface area contributed by atoms with Crippen molar-refractivity contribution >= 4 is 15.9 Å². The van der Waals surface area contributed by atoms with Crippen LogP contribution in [0.5, 0.6) is 5.75 Å². The Hall–Kier alpha value is -1.36. The van der Waals surface area contributed by atoms with Crippen molar-refractivity contribution in [2.45, 2.75) is 11.8 Å². The number of aliphatic hydroxyl groups is 2. The van der Waals surface area contributed by atoms with E-state index < -0.39 is 5.41 Å². The average molecular weight is 337 g/mol. The van der Waals surface area contributed by atoms with E-state index in [4.69, 9.17) is 0 Å². The van der Waals surface area contributed by atoms with Gasteiger partial charge in [-0.15, -0.1) is 0 Å². The lowest BCUT2D eigenvalue weighted by atomic mass is 9.77. The fourth-order valence-electron chi connectivity index (χ4n) is 2.32. The van der Waals surface area contributed by atoms with E-state index >= 15 is 0 Å². The largest absolute Gasteiger partial charge is 0.508 e. The van der Waals surface area contributed by atoms with Crippen LogP contribution in [-0.4, -0.2) is 28.5 Å². The molecule has 2 aromatic rings. The zero-order chi connectivity index (χ0) is 14.6. The highest BCUT2D eigenvalue weighted by Gasteiger charge is 2.31. The molecule has 4 heteroatoms. The van der Waals surface area contributed by atoms with Gasteiger partial charge in [0.1, 0.15) is 5.75 Å². The Morgan fingerprint density at radius 2 is 1.65 bits per heavy atom. The fraction of sp³-hybridized carbons (Fsp3) is 0.250. The summed E-state index contributed by atoms with van der Waals surface area (Å²) in [5.74, 6) is 0.182. The van der Waals surface area contributed by atoms with E-state index in [0.29, 0.717) is 6.42 Å². The summed E-state index contributed by atoms with van der Waals surface area (Å²) in [5.41, 5.74) is 0.964. The summed E-state index contributed by atoms with van der Waals surface area (Å²) < 4.78 is 0.900. The Kier molecular flexibility index (Phi) is 4.81. The Morgan fingerprint density at radius 3 is 2.25 bits per heavy atom. The van der Waals surface area contributed by atoms with Crippen molar-refractivity contribution in [1.82, 2.24) is 0 Å². The van der Waals surface area contributed by atoms with Crippen LogP contribution < -0.4 is 0 Å². The van der Waals surface area contributed by atoms with Crippen molar-refractivity contribution in [1.29, 1.82) is 0 Å². The van der Waals surface area contributed by atoms with Gasteiger partial charge in [0.15, 0.2) is 0 Å². The van der Waals surface area contributed by atoms with Crippen molar-refractivity contribution in [3.05, 3.63) is 64.1 Å². The van der Waals surface area contributed by atoms with Crippen LogP contribution in [0, 0.1) is 0 Å². The Morgan fingerprint density at radius 1 is 0.950 bits per heavy atom. The van der Waals surface area contributed by atoms with Crippen LogP contribution >= 0.6 is 15.9 Å². The van der Waals surface area contributed by atoms with E-state index in [9.17, 15) is 15.3 Å². The minimum absolute atomic E-state index is 0.171. The molecule has 0 aliphatic heterocycles. The number of hydrogen-bond acceptors (Lipinski definition) is 3. The van der Waals surface area contributed by atoms with E-state index in [2.05, 4.69) is 15.9 Å². The highest BCUT2D eigenvalue weighted by atomic mass is 79.9. The lowest BCUT2D eigenvalue weighted by Crippen LogP contribution is -2.37. The third kappa shape index (κ3) is 3.20. The van der Waals surface area contributed by atoms with Crippen molar-refractivity contribution in [2.24, 2.45) is 0 Å². The van der Waals surface area contributed by atoms with Gasteiger partial charge >= 0.3 is 0 Å². The molecule has 3 nitrogen and oxygen atoms in total. The number of phenols is 1. The monoisotopic (exact) mass is 336 g/mol. The standard InChI is InChI=1S/C16H17BrO3/c17-14-5-2-4-13(8-14)16(10-18,11-19)9-12-3-1-6-15(20)7-12/h1-8,18-20H,9-11H2. The van der Waals surface area contributed by atoms with Gasteiger partial charge in [0, 0.05) is 9.89 Å². The molecule has 106 valence electrons. The van der Waals surface area contributed by atoms with Crippen LogP contribution in [0.1, 0.15) is 11.1 Å². The molecule has 2 aromatic carbocycles. The fourth-order valence-corrected chi connectivity index (χ4v) is 2.72. The zero-order valence-corrected chi connectivity index (χ0v) is 12.5. The average Bonchev–Trinajstić information content (AvgIpc) is 2.45. The minimum Gasteiger partial charge on any atom is -0.508 e. The Labute approximate surface area is 126 Å². The van der Waals surface area contributed by atoms with Crippen LogP contribution in [0.15, 0.2) is 53.0 Å². The molecule has 0 aromatic heterocycles. The molecule has 0 aliphatic rings. The predicted molar refractivity (Wildman–Crippen MR) is 81.8 cm³/mol. The molecule has 0 unspecified atom stereocenters. The first kappa shape index (κ1) is 15.0. The van der Waals surface area contributed by atoms with Crippen LogP contribution in [0.3, 0.4) is 0 Å². The summed E-state index contributed by atoms with van der Waals surface area (Å²) in [7, 11) is 0. The summed E-state index contributed by atoms with van der Waals surface area (Å²) in [4.78, 5) is 0. The number of halogens is 1. The number of hydrogen-bond donors (Lipinski definition) is 3. The second-order valence-electron chi connectivity index (χ2n) is 4.95. The van der Waals surface area contributed by atoms with Gasteiger partial charge < -0.3 is 15.3 Å². The maximum atomic E-state index is 9.81. The second-order valence-corrected chi connectivity index (χ2v) is 5.87. The molecule has 0 heterocycles. The first-order chi connectivity index (χ1) is 9.59. The van der Waals surface area contributed by atoms with Crippen LogP contribution in [0.25, 0.3) is 0 Å². The van der Waals surface area contributed by atoms with Gasteiger partial charge in [-0.1, -0.05) is 40.2 Å². The van der Waals surface area contributed by atoms with Gasteiger partial charge in [0.05, 0.1) is 13.2 Å². The highest BCUT2D eigenvalue weighted by Crippen LogP contribution is 2.30. The third-order valence-electron chi connectivity index (χ3n) is 3.50. The quantitative estimate of drug-likeness (QED) is 0.786. The maximum Gasteiger partial charge on any atom is 0.115 e. The summed E-state index contributed by atoms with van der Waals surface area (Å²) >= 11 is 3.41. The first-order valence-electron chi connectivity index (χ1n) is 6.35. The molecular weight excluding hydrogens is 320 g/mol. The number of benzene rings is 2. The molecule has 0 spiro atoms. The first-order valence-corrected chi connectivity index (χ1v) is 7.14. The molecule has 0 radical (unpaired) electrons. The number of aliphatic hydroxyl groups excluding tert-OH is 2. The molecule has 0 saturated carbocycles. The van der Waals surface area contributed by atoms with Crippen molar-refractivity contribution < 1.29 is 15.3 Å². The van der Waals surface area contributed by atoms with Crippen molar-refractivity contribution in [2.75, 3.05) is 13.2 Å². The lowest BCUT2D eigenvalue weighted by molar-refractivity contribution is 0.116. The van der Waals surface area contributed by atoms with Crippen molar-refractivity contribution in [3.8, 4) is 5.75 Å². The molecule has 2 rings (SSSR count). The lowest BCUT2D eigenvalue weighted by Gasteiger charge is -2.31. The Balaban J connectivity index is 2.39. The third-order valence-corrected chi connectivity index (χ3v) is 3.99. The zero-order valence-electron chi connectivity index (χ0n) is 11.0. The molecular formula is C16H17BrO3. The van der Waals surface area contributed by atoms with Gasteiger partial charge in [0.2, 0.25) is 0 Å². The predicted octanol–water partition coefficient (Wildman–Crippen LogP) is 2.62. The van der Waals surface area contributed by atoms with Crippen LogP contribution in [0.4, 0.5) is 0 Å². The van der Waals surface area contributed by atoms with E-state index in [1.807, 2.05) is 30.3 Å². The highest BCUT2D eigenvalue weighted by molar-refractivity contribution is 9.10. The number of rotatable bonds is 5. The van der Waals surface area contributed by atoms with Crippen LogP contribution in [-0.2, 0) is 11.8 Å². The molecule has 0 aliphatic carbocycles. The summed E-state index contributed by atoms with van der Waals surface area (Å²) in [6.45, 7) is -0.342. The maximum absolute atomic E-state index is 9.81. The Bertz CT molecular complexity index is 579. The van der Waals surface area contributed by atoms with E-state index in [1.54, 1.807) is 18.2 Å². The van der Waals surface area contributed by atoms with E-state index in [1.165, 1.54) is 0 Å². The normalized spacial score (nSPS) is 11.6. The number of aromatic hydroxyl groups is 1.